The van der Waals surface area contributed by atoms with Gasteiger partial charge in [0.2, 0.25) is 0 Å². The highest BCUT2D eigenvalue weighted by molar-refractivity contribution is 8.14. The minimum atomic E-state index is -1.29. The molecule has 2 atom stereocenters. The lowest BCUT2D eigenvalue weighted by Crippen LogP contribution is -2.71. The van der Waals surface area contributed by atoms with Gasteiger partial charge in [0.05, 0.1) is 6.26 Å². The van der Waals surface area contributed by atoms with E-state index in [2.05, 4.69) is 15.5 Å². The number of carboxylic acid groups (broad SMARTS) is 1. The number of amides is 2. The van der Waals surface area contributed by atoms with E-state index < -0.39 is 29.2 Å². The first-order valence-corrected chi connectivity index (χ1v) is 12.5. The molecule has 34 heavy (non-hydrogen) atoms. The van der Waals surface area contributed by atoms with Crippen LogP contribution in [0.5, 0.6) is 0 Å². The Hall–Kier alpha value is -3.30. The topological polar surface area (TPSA) is 177 Å². The Morgan fingerprint density at radius 2 is 2.26 bits per heavy atom. The summed E-state index contributed by atoms with van der Waals surface area (Å²) in [6, 6.07) is 2.13. The largest absolute Gasteiger partial charge is 0.477 e. The molecule has 0 unspecified atom stereocenters. The third kappa shape index (κ3) is 4.53. The van der Waals surface area contributed by atoms with Gasteiger partial charge in [-0.2, -0.15) is 0 Å². The molecule has 2 aromatic heterocycles. The molecular weight excluding hydrogens is 506 g/mol. The van der Waals surface area contributed by atoms with Crippen molar-refractivity contribution in [3.8, 4) is 0 Å². The summed E-state index contributed by atoms with van der Waals surface area (Å²) in [6.45, 7) is 0. The van der Waals surface area contributed by atoms with E-state index in [1.54, 1.807) is 6.07 Å². The number of aliphatic carboxylic acids is 1. The van der Waals surface area contributed by atoms with Gasteiger partial charge in [0, 0.05) is 16.9 Å². The molecule has 2 aromatic rings. The monoisotopic (exact) mass is 523 g/mol. The van der Waals surface area contributed by atoms with E-state index in [0.717, 1.165) is 28.0 Å². The van der Waals surface area contributed by atoms with Gasteiger partial charge >= 0.3 is 5.97 Å². The molecule has 15 heteroatoms. The number of fused-ring (bicyclic) bond motifs is 1. The van der Waals surface area contributed by atoms with E-state index >= 15 is 0 Å². The zero-order valence-electron chi connectivity index (χ0n) is 17.4. The van der Waals surface area contributed by atoms with Crippen LogP contribution >= 0.6 is 34.9 Å². The standard InChI is InChI=1S/C19H17N5O7S3/c1-30-23-11(9-7-34-19(20)21-9)14(25)22-12-15(26)24-13(17(27)28)8(5-32-16(12)24)6-33-18(29)10-3-2-4-31-10/h2-4,7,12,16H,5-6H2,1H3,(H2,20,21)(H,22,25)(H,27,28)/b23-11+/t12-,16-/m0/s1. The lowest BCUT2D eigenvalue weighted by Gasteiger charge is -2.49. The van der Waals surface area contributed by atoms with Gasteiger partial charge in [0.15, 0.2) is 16.6 Å². The number of nitrogens with one attached hydrogen (secondary N) is 1. The van der Waals surface area contributed by atoms with Crippen LogP contribution in [-0.4, -0.2) is 73.6 Å². The Kier molecular flexibility index (Phi) is 6.95. The fourth-order valence-electron chi connectivity index (χ4n) is 3.31. The summed E-state index contributed by atoms with van der Waals surface area (Å²) in [5, 5.41) is 16.8. The quantitative estimate of drug-likeness (QED) is 0.255. The molecule has 0 bridgehead atoms. The minimum Gasteiger partial charge on any atom is -0.477 e. The summed E-state index contributed by atoms with van der Waals surface area (Å²) >= 11 is 3.29. The molecule has 2 amide bonds. The van der Waals surface area contributed by atoms with E-state index in [4.69, 9.17) is 15.0 Å². The fourth-order valence-corrected chi connectivity index (χ4v) is 6.14. The number of anilines is 1. The zero-order chi connectivity index (χ0) is 24.4. The highest BCUT2D eigenvalue weighted by atomic mass is 32.2. The van der Waals surface area contributed by atoms with Gasteiger partial charge in [-0.3, -0.25) is 19.3 Å². The predicted molar refractivity (Wildman–Crippen MR) is 125 cm³/mol. The SMILES string of the molecule is CO/N=C(/C(=O)N[C@H]1C(=O)N2C(C(=O)O)=C(CSC(=O)c3ccco3)CS[C@@H]12)c1csc(N)n1. The van der Waals surface area contributed by atoms with Crippen LogP contribution in [0.15, 0.2) is 44.6 Å². The molecule has 0 radical (unpaired) electrons. The van der Waals surface area contributed by atoms with Gasteiger partial charge in [-0.05, 0) is 17.7 Å². The fraction of sp³-hybridized carbons (Fsp3) is 0.263. The summed E-state index contributed by atoms with van der Waals surface area (Å²) in [7, 11) is 1.26. The first-order chi connectivity index (χ1) is 16.3. The number of carbonyl (C=O) groups excluding carboxylic acids is 3. The Labute approximate surface area is 204 Å². The Balaban J connectivity index is 1.47. The number of carboxylic acids is 1. The van der Waals surface area contributed by atoms with Crippen LogP contribution in [0, 0.1) is 0 Å². The van der Waals surface area contributed by atoms with E-state index in [0.29, 0.717) is 5.57 Å². The van der Waals surface area contributed by atoms with Gasteiger partial charge in [-0.25, -0.2) is 9.78 Å². The number of hydrogen-bond acceptors (Lipinski definition) is 12. The average Bonchev–Trinajstić information content (AvgIpc) is 3.50. The molecule has 4 heterocycles. The van der Waals surface area contributed by atoms with E-state index in [1.165, 1.54) is 36.6 Å². The highest BCUT2D eigenvalue weighted by Crippen LogP contribution is 2.41. The van der Waals surface area contributed by atoms with E-state index in [9.17, 15) is 24.3 Å². The number of thioether (sulfide) groups is 2. The molecule has 12 nitrogen and oxygen atoms in total. The van der Waals surface area contributed by atoms with Gasteiger partial charge in [-0.15, -0.1) is 23.1 Å². The van der Waals surface area contributed by atoms with E-state index in [-0.39, 0.29) is 44.6 Å². The smallest absolute Gasteiger partial charge is 0.352 e. The van der Waals surface area contributed by atoms with Crippen LogP contribution in [-0.2, 0) is 19.2 Å². The third-order valence-electron chi connectivity index (χ3n) is 4.80. The molecule has 0 aliphatic carbocycles. The number of thiazole rings is 1. The second kappa shape index (κ2) is 9.90. The number of aromatic nitrogens is 1. The van der Waals surface area contributed by atoms with Gasteiger partial charge in [0.1, 0.15) is 29.9 Å². The maximum atomic E-state index is 12.8. The third-order valence-corrected chi connectivity index (χ3v) is 7.77. The molecular formula is C19H17N5O7S3. The minimum absolute atomic E-state index is 0.0809. The zero-order valence-corrected chi connectivity index (χ0v) is 19.9. The normalized spacial score (nSPS) is 20.0. The van der Waals surface area contributed by atoms with Crippen LogP contribution in [0.1, 0.15) is 16.2 Å². The first-order valence-electron chi connectivity index (χ1n) is 9.55. The van der Waals surface area contributed by atoms with Crippen LogP contribution in [0.4, 0.5) is 5.13 Å². The summed E-state index contributed by atoms with van der Waals surface area (Å²) in [5.41, 5.74) is 5.89. The first kappa shape index (κ1) is 23.8. The number of nitrogen functional groups attached to an aromatic ring is 1. The molecule has 178 valence electrons. The van der Waals surface area contributed by atoms with Crippen molar-refractivity contribution in [3.63, 3.8) is 0 Å². The van der Waals surface area contributed by atoms with Crippen molar-refractivity contribution in [3.05, 3.63) is 46.5 Å². The Morgan fingerprint density at radius 1 is 1.47 bits per heavy atom. The number of nitrogens with zero attached hydrogens (tertiary/aromatic N) is 3. The molecule has 4 rings (SSSR count). The number of oxime groups is 1. The second-order valence-corrected chi connectivity index (χ2v) is 9.81. The van der Waals surface area contributed by atoms with Crippen molar-refractivity contribution in [2.45, 2.75) is 11.4 Å². The van der Waals surface area contributed by atoms with Crippen molar-refractivity contribution in [1.29, 1.82) is 0 Å². The van der Waals surface area contributed by atoms with Crippen molar-refractivity contribution in [2.24, 2.45) is 5.16 Å². The summed E-state index contributed by atoms with van der Waals surface area (Å²) in [4.78, 5) is 59.6. The Bertz CT molecular complexity index is 1210. The van der Waals surface area contributed by atoms with Gasteiger partial charge in [-0.1, -0.05) is 16.9 Å². The summed E-state index contributed by atoms with van der Waals surface area (Å²) in [6.07, 6.45) is 1.37. The second-order valence-electron chi connectivity index (χ2n) is 6.87. The molecule has 0 spiro atoms. The van der Waals surface area contributed by atoms with Crippen molar-refractivity contribution < 1.29 is 33.5 Å². The number of hydrogen-bond donors (Lipinski definition) is 3. The molecule has 0 aromatic carbocycles. The Morgan fingerprint density at radius 3 is 2.88 bits per heavy atom. The van der Waals surface area contributed by atoms with Crippen molar-refractivity contribution in [1.82, 2.24) is 15.2 Å². The van der Waals surface area contributed by atoms with Gasteiger partial charge in [0.25, 0.3) is 16.9 Å². The maximum Gasteiger partial charge on any atom is 0.352 e. The number of carbonyl (C=O) groups is 4. The maximum absolute atomic E-state index is 12.8. The molecule has 2 aliphatic heterocycles. The molecule has 1 saturated heterocycles. The number of furan rings is 1. The van der Waals surface area contributed by atoms with Crippen LogP contribution in [0.2, 0.25) is 0 Å². The molecule has 4 N–H and O–H groups in total. The average molecular weight is 524 g/mol. The van der Waals surface area contributed by atoms with Crippen LogP contribution < -0.4 is 11.1 Å². The lowest BCUT2D eigenvalue weighted by atomic mass is 10.0. The molecule has 0 saturated carbocycles. The lowest BCUT2D eigenvalue weighted by molar-refractivity contribution is -0.150. The number of β-lactam (4-membered cyclic amide) rings is 1. The number of rotatable bonds is 8. The summed E-state index contributed by atoms with van der Waals surface area (Å²) < 4.78 is 5.05. The molecule has 2 aliphatic rings. The predicted octanol–water partition coefficient (Wildman–Crippen LogP) is 0.981. The van der Waals surface area contributed by atoms with E-state index in [1.807, 2.05) is 0 Å². The van der Waals surface area contributed by atoms with Crippen molar-refractivity contribution >= 4 is 68.6 Å². The summed E-state index contributed by atoms with van der Waals surface area (Å²) in [5.74, 6) is -2.08. The number of nitrogens with two attached hydrogens (primary N) is 1. The van der Waals surface area contributed by atoms with Crippen molar-refractivity contribution in [2.75, 3.05) is 24.3 Å². The molecule has 1 fully saturated rings. The van der Waals surface area contributed by atoms with Crippen LogP contribution in [0.25, 0.3) is 0 Å². The van der Waals surface area contributed by atoms with Crippen LogP contribution in [0.3, 0.4) is 0 Å². The van der Waals surface area contributed by atoms with Gasteiger partial charge < -0.3 is 25.4 Å². The highest BCUT2D eigenvalue weighted by Gasteiger charge is 2.54.